The van der Waals surface area contributed by atoms with Crippen LogP contribution in [0, 0.1) is 6.92 Å². The molecule has 1 saturated heterocycles. The van der Waals surface area contributed by atoms with Crippen LogP contribution in [0.3, 0.4) is 0 Å². The predicted molar refractivity (Wildman–Crippen MR) is 123 cm³/mol. The van der Waals surface area contributed by atoms with Crippen LogP contribution in [-0.2, 0) is 14.3 Å². The topological polar surface area (TPSA) is 90.0 Å². The number of rotatable bonds is 1. The fraction of sp³-hybridized carbons (Fsp3) is 0.720. The highest BCUT2D eigenvalue weighted by Crippen LogP contribution is 2.39. The Bertz CT molecular complexity index is 860. The first-order valence-corrected chi connectivity index (χ1v) is 12.2. The molecule has 1 aliphatic carbocycles. The quantitative estimate of drug-likeness (QED) is 0.689. The zero-order valence-corrected chi connectivity index (χ0v) is 20.3. The van der Waals surface area contributed by atoms with Gasteiger partial charge in [-0.15, -0.1) is 0 Å². The minimum absolute atomic E-state index is 0.0741. The zero-order valence-electron chi connectivity index (χ0n) is 20.3. The zero-order chi connectivity index (χ0) is 23.6. The highest BCUT2D eigenvalue weighted by Gasteiger charge is 2.38. The van der Waals surface area contributed by atoms with Crippen molar-refractivity contribution < 1.29 is 23.8 Å². The number of hydrogen-bond acceptors (Lipinski definition) is 6. The van der Waals surface area contributed by atoms with E-state index in [2.05, 4.69) is 17.2 Å². The van der Waals surface area contributed by atoms with Crippen LogP contribution in [0.15, 0.2) is 12.3 Å². The lowest BCUT2D eigenvalue weighted by Gasteiger charge is -2.42. The molecule has 2 fully saturated rings. The van der Waals surface area contributed by atoms with Crippen molar-refractivity contribution in [1.82, 2.24) is 15.2 Å². The van der Waals surface area contributed by atoms with E-state index >= 15 is 0 Å². The summed E-state index contributed by atoms with van der Waals surface area (Å²) in [5, 5.41) is 3.00. The van der Waals surface area contributed by atoms with Crippen LogP contribution >= 0.6 is 0 Å². The van der Waals surface area contributed by atoms with E-state index in [1.54, 1.807) is 6.20 Å². The lowest BCUT2D eigenvalue weighted by Crippen LogP contribution is -2.60. The van der Waals surface area contributed by atoms with E-state index in [-0.39, 0.29) is 30.7 Å². The number of alkyl carbamates (subject to hydrolysis) is 1. The van der Waals surface area contributed by atoms with Gasteiger partial charge in [-0.3, -0.25) is 4.79 Å². The van der Waals surface area contributed by atoms with Crippen LogP contribution in [0.5, 0.6) is 5.88 Å². The second-order valence-electron chi connectivity index (χ2n) is 10.5. The smallest absolute Gasteiger partial charge is 0.407 e. The summed E-state index contributed by atoms with van der Waals surface area (Å²) in [7, 11) is 0. The number of aromatic nitrogens is 1. The first-order chi connectivity index (χ1) is 15.7. The van der Waals surface area contributed by atoms with Crippen molar-refractivity contribution in [2.45, 2.75) is 95.9 Å². The Hall–Kier alpha value is -2.35. The molecule has 2 unspecified atom stereocenters. The second kappa shape index (κ2) is 9.87. The third-order valence-corrected chi connectivity index (χ3v) is 6.89. The molecule has 2 amide bonds. The number of hydrogen-bond donors (Lipinski definition) is 1. The molecule has 1 aromatic heterocycles. The number of pyridine rings is 1. The molecule has 33 heavy (non-hydrogen) atoms. The van der Waals surface area contributed by atoms with E-state index in [1.165, 1.54) is 0 Å². The van der Waals surface area contributed by atoms with Crippen molar-refractivity contribution in [2.24, 2.45) is 0 Å². The fourth-order valence-corrected chi connectivity index (χ4v) is 5.32. The highest BCUT2D eigenvalue weighted by atomic mass is 16.6. The van der Waals surface area contributed by atoms with Crippen LogP contribution < -0.4 is 10.1 Å². The average Bonchev–Trinajstić information content (AvgIpc) is 2.76. The molecule has 8 nitrogen and oxygen atoms in total. The first-order valence-electron chi connectivity index (χ1n) is 12.2. The Balaban J connectivity index is 1.56. The molecular weight excluding hydrogens is 422 g/mol. The van der Waals surface area contributed by atoms with Gasteiger partial charge in [-0.1, -0.05) is 0 Å². The summed E-state index contributed by atoms with van der Waals surface area (Å²) in [5.41, 5.74) is 1.70. The molecule has 182 valence electrons. The summed E-state index contributed by atoms with van der Waals surface area (Å²) in [6.07, 6.45) is 6.95. The molecule has 3 aliphatic heterocycles. The van der Waals surface area contributed by atoms with Gasteiger partial charge >= 0.3 is 6.09 Å². The summed E-state index contributed by atoms with van der Waals surface area (Å²) in [4.78, 5) is 32.0. The predicted octanol–water partition coefficient (Wildman–Crippen LogP) is 3.71. The Morgan fingerprint density at radius 2 is 1.97 bits per heavy atom. The van der Waals surface area contributed by atoms with Gasteiger partial charge in [0, 0.05) is 18.3 Å². The maximum Gasteiger partial charge on any atom is 0.407 e. The summed E-state index contributed by atoms with van der Waals surface area (Å²) < 4.78 is 17.8. The van der Waals surface area contributed by atoms with Crippen LogP contribution in [0.25, 0.3) is 0 Å². The van der Waals surface area contributed by atoms with E-state index in [0.717, 1.165) is 49.7 Å². The number of nitrogens with one attached hydrogen (secondary N) is 1. The monoisotopic (exact) mass is 459 g/mol. The second-order valence-corrected chi connectivity index (χ2v) is 10.5. The van der Waals surface area contributed by atoms with Crippen LogP contribution in [-0.4, -0.2) is 65.4 Å². The molecule has 1 saturated carbocycles. The Kier molecular flexibility index (Phi) is 7.12. The van der Waals surface area contributed by atoms with Crippen molar-refractivity contribution in [3.8, 4) is 5.88 Å². The summed E-state index contributed by atoms with van der Waals surface area (Å²) >= 11 is 0. The minimum Gasteiger partial charge on any atom is -0.467 e. The number of ether oxygens (including phenoxy) is 3. The molecule has 4 heterocycles. The van der Waals surface area contributed by atoms with Crippen molar-refractivity contribution in [3.63, 3.8) is 0 Å². The maximum atomic E-state index is 13.3. The van der Waals surface area contributed by atoms with Gasteiger partial charge in [0.25, 0.3) is 5.91 Å². The van der Waals surface area contributed by atoms with Crippen molar-refractivity contribution >= 4 is 12.0 Å². The van der Waals surface area contributed by atoms with Crippen LogP contribution in [0.4, 0.5) is 4.79 Å². The molecule has 0 spiro atoms. The van der Waals surface area contributed by atoms with Gasteiger partial charge in [0.15, 0.2) is 6.61 Å². The molecule has 8 heteroatoms. The molecule has 1 aromatic rings. The van der Waals surface area contributed by atoms with E-state index in [9.17, 15) is 9.59 Å². The minimum atomic E-state index is -0.583. The standard InChI is InChI=1S/C25H37N3O5/c1-16-11-12-26-23-22(16)17-7-9-18(10-8-17)31-14-20-19(27-24(30)33-25(2,3)4)6-5-13-28(20)21(29)15-32-23/h11-12,17-20H,5-10,13-15H2,1-4H3,(H,27,30). The summed E-state index contributed by atoms with van der Waals surface area (Å²) in [6, 6.07) is 1.52. The molecule has 1 N–H and O–H groups in total. The lowest BCUT2D eigenvalue weighted by atomic mass is 9.81. The number of piperidine rings is 1. The number of carbonyl (C=O) groups excluding carboxylic acids is 2. The van der Waals surface area contributed by atoms with Crippen molar-refractivity contribution in [2.75, 3.05) is 19.8 Å². The van der Waals surface area contributed by atoms with Gasteiger partial charge in [-0.05, 0) is 83.8 Å². The lowest BCUT2D eigenvalue weighted by molar-refractivity contribution is -0.141. The van der Waals surface area contributed by atoms with Gasteiger partial charge in [0.05, 0.1) is 24.8 Å². The third kappa shape index (κ3) is 5.78. The first kappa shape index (κ1) is 23.8. The number of amides is 2. The molecule has 0 aromatic carbocycles. The van der Waals surface area contributed by atoms with Crippen molar-refractivity contribution in [1.29, 1.82) is 0 Å². The largest absolute Gasteiger partial charge is 0.467 e. The highest BCUT2D eigenvalue weighted by molar-refractivity contribution is 5.78. The summed E-state index contributed by atoms with van der Waals surface area (Å²) in [6.45, 7) is 8.54. The van der Waals surface area contributed by atoms with Gasteiger partial charge < -0.3 is 24.4 Å². The number of fused-ring (bicyclic) bond motifs is 5. The van der Waals surface area contributed by atoms with Gasteiger partial charge in [-0.25, -0.2) is 9.78 Å². The third-order valence-electron chi connectivity index (χ3n) is 6.89. The molecule has 0 radical (unpaired) electrons. The Morgan fingerprint density at radius 3 is 2.70 bits per heavy atom. The molecular formula is C25H37N3O5. The number of nitrogens with zero attached hydrogens (tertiary/aromatic N) is 2. The van der Waals surface area contributed by atoms with E-state index < -0.39 is 11.7 Å². The van der Waals surface area contributed by atoms with E-state index in [0.29, 0.717) is 24.9 Å². The van der Waals surface area contributed by atoms with Gasteiger partial charge in [0.2, 0.25) is 5.88 Å². The SMILES string of the molecule is Cc1ccnc2c1C1CCC(CC1)OCC1C(NC(=O)OC(C)(C)C)CCCN1C(=O)CO2. The van der Waals surface area contributed by atoms with Crippen LogP contribution in [0.2, 0.25) is 0 Å². The Labute approximate surface area is 196 Å². The maximum absolute atomic E-state index is 13.3. The number of carbonyl (C=O) groups is 2. The fourth-order valence-electron chi connectivity index (χ4n) is 5.32. The van der Waals surface area contributed by atoms with E-state index in [4.69, 9.17) is 14.2 Å². The normalized spacial score (nSPS) is 28.4. The van der Waals surface area contributed by atoms with Crippen LogP contribution in [0.1, 0.15) is 76.3 Å². The molecule has 2 bridgehead atoms. The summed E-state index contributed by atoms with van der Waals surface area (Å²) in [5.74, 6) is 0.831. The van der Waals surface area contributed by atoms with E-state index in [1.807, 2.05) is 31.7 Å². The van der Waals surface area contributed by atoms with Crippen molar-refractivity contribution in [3.05, 3.63) is 23.4 Å². The average molecular weight is 460 g/mol. The van der Waals surface area contributed by atoms with Gasteiger partial charge in [-0.2, -0.15) is 0 Å². The number of aryl methyl sites for hydroxylation is 1. The molecule has 5 rings (SSSR count). The molecule has 4 aliphatic rings. The van der Waals surface area contributed by atoms with Gasteiger partial charge in [0.1, 0.15) is 5.60 Å². The molecule has 2 atom stereocenters. The Morgan fingerprint density at radius 1 is 1.21 bits per heavy atom.